The number of fused-ring (bicyclic) bond motifs is 1. The Morgan fingerprint density at radius 2 is 1.96 bits per heavy atom. The van der Waals surface area contributed by atoms with Crippen molar-refractivity contribution in [3.63, 3.8) is 0 Å². The second-order valence-corrected chi connectivity index (χ2v) is 6.39. The van der Waals surface area contributed by atoms with Crippen molar-refractivity contribution < 1.29 is 18.4 Å². The van der Waals surface area contributed by atoms with Crippen molar-refractivity contribution in [3.05, 3.63) is 35.9 Å². The van der Waals surface area contributed by atoms with Crippen LogP contribution in [-0.4, -0.2) is 45.6 Å². The summed E-state index contributed by atoms with van der Waals surface area (Å²) in [6.45, 7) is 3.33. The van der Waals surface area contributed by atoms with Crippen molar-refractivity contribution in [2.75, 3.05) is 19.7 Å². The highest BCUT2D eigenvalue weighted by molar-refractivity contribution is 5.93. The monoisotopic (exact) mass is 370 g/mol. The van der Waals surface area contributed by atoms with Crippen molar-refractivity contribution in [1.29, 1.82) is 0 Å². The van der Waals surface area contributed by atoms with E-state index in [9.17, 15) is 9.18 Å². The van der Waals surface area contributed by atoms with Crippen molar-refractivity contribution in [1.82, 2.24) is 20.0 Å². The molecule has 0 bridgehead atoms. The highest BCUT2D eigenvalue weighted by atomic mass is 19.1. The maximum atomic E-state index is 13.2. The summed E-state index contributed by atoms with van der Waals surface area (Å²) >= 11 is 0. The second-order valence-electron chi connectivity index (χ2n) is 6.39. The lowest BCUT2D eigenvalue weighted by Gasteiger charge is -2.15. The summed E-state index contributed by atoms with van der Waals surface area (Å²) < 4.78 is 24.4. The zero-order chi connectivity index (χ0) is 18.8. The van der Waals surface area contributed by atoms with E-state index in [1.54, 1.807) is 17.0 Å². The highest BCUT2D eigenvalue weighted by Gasteiger charge is 2.22. The van der Waals surface area contributed by atoms with Gasteiger partial charge in [-0.25, -0.2) is 4.39 Å². The molecular weight excluding hydrogens is 351 g/mol. The number of carbonyl (C=O) groups is 1. The number of aromatic nitrogens is 3. The smallest absolute Gasteiger partial charge is 0.265 e. The Kier molecular flexibility index (Phi) is 4.70. The molecule has 0 saturated carbocycles. The van der Waals surface area contributed by atoms with Crippen LogP contribution in [0.1, 0.15) is 25.6 Å². The van der Waals surface area contributed by atoms with Gasteiger partial charge in [0.2, 0.25) is 5.88 Å². The Bertz CT molecular complexity index is 965. The molecule has 0 N–H and O–H groups in total. The number of aryl methyl sites for hydroxylation is 1. The van der Waals surface area contributed by atoms with Gasteiger partial charge in [0, 0.05) is 25.1 Å². The molecule has 0 atom stereocenters. The summed E-state index contributed by atoms with van der Waals surface area (Å²) in [4.78, 5) is 22.9. The average Bonchev–Trinajstić information content (AvgIpc) is 3.36. The van der Waals surface area contributed by atoms with Crippen LogP contribution in [0.4, 0.5) is 4.39 Å². The number of carbonyl (C=O) groups excluding carboxylic acids is 1. The van der Waals surface area contributed by atoms with Gasteiger partial charge in [0.25, 0.3) is 11.6 Å². The number of hydrogen-bond donors (Lipinski definition) is 0. The zero-order valence-corrected chi connectivity index (χ0v) is 14.9. The van der Waals surface area contributed by atoms with Crippen LogP contribution in [-0.2, 0) is 11.2 Å². The summed E-state index contributed by atoms with van der Waals surface area (Å²) in [6.07, 6.45) is 2.62. The first-order valence-corrected chi connectivity index (χ1v) is 8.98. The topological polar surface area (TPSA) is 81.4 Å². The Balaban J connectivity index is 1.69. The second kappa shape index (κ2) is 7.30. The fourth-order valence-corrected chi connectivity index (χ4v) is 3.12. The van der Waals surface area contributed by atoms with Crippen LogP contribution in [0.25, 0.3) is 22.4 Å². The van der Waals surface area contributed by atoms with Crippen LogP contribution in [0.2, 0.25) is 0 Å². The minimum atomic E-state index is -0.344. The third-order valence-electron chi connectivity index (χ3n) is 4.57. The predicted octanol–water partition coefficient (Wildman–Crippen LogP) is 2.99. The van der Waals surface area contributed by atoms with E-state index in [0.29, 0.717) is 28.9 Å². The van der Waals surface area contributed by atoms with Gasteiger partial charge in [0.05, 0.1) is 0 Å². The Labute approximate surface area is 155 Å². The largest absolute Gasteiger partial charge is 0.467 e. The molecule has 0 unspecified atom stereocenters. The van der Waals surface area contributed by atoms with E-state index in [-0.39, 0.29) is 29.9 Å². The SMILES string of the molecule is CCc1nc(OCC(=O)N2CCCC2)c2c(-c3ccc(F)cc3)noc2n1. The van der Waals surface area contributed by atoms with Crippen LogP contribution in [0.5, 0.6) is 5.88 Å². The lowest BCUT2D eigenvalue weighted by atomic mass is 10.1. The molecule has 140 valence electrons. The van der Waals surface area contributed by atoms with E-state index in [1.165, 1.54) is 12.1 Å². The number of ether oxygens (including phenoxy) is 1. The lowest BCUT2D eigenvalue weighted by molar-refractivity contribution is -0.132. The molecule has 27 heavy (non-hydrogen) atoms. The van der Waals surface area contributed by atoms with Gasteiger partial charge in [-0.15, -0.1) is 0 Å². The first-order valence-electron chi connectivity index (χ1n) is 8.98. The molecule has 1 aliphatic heterocycles. The van der Waals surface area contributed by atoms with E-state index < -0.39 is 0 Å². The van der Waals surface area contributed by atoms with Crippen molar-refractivity contribution in [2.45, 2.75) is 26.2 Å². The summed E-state index contributed by atoms with van der Waals surface area (Å²) in [5.41, 5.74) is 1.39. The van der Waals surface area contributed by atoms with Crippen LogP contribution in [0.15, 0.2) is 28.8 Å². The van der Waals surface area contributed by atoms with Gasteiger partial charge < -0.3 is 14.2 Å². The third-order valence-corrected chi connectivity index (χ3v) is 4.57. The number of rotatable bonds is 5. The summed E-state index contributed by atoms with van der Waals surface area (Å²) in [5, 5.41) is 4.54. The maximum absolute atomic E-state index is 13.2. The average molecular weight is 370 g/mol. The Morgan fingerprint density at radius 3 is 2.67 bits per heavy atom. The number of likely N-dealkylation sites (tertiary alicyclic amines) is 1. The van der Waals surface area contributed by atoms with E-state index in [4.69, 9.17) is 9.26 Å². The molecule has 4 rings (SSSR count). The molecule has 0 aliphatic carbocycles. The maximum Gasteiger partial charge on any atom is 0.265 e. The molecule has 1 aromatic carbocycles. The van der Waals surface area contributed by atoms with Crippen LogP contribution in [0.3, 0.4) is 0 Å². The molecule has 3 heterocycles. The molecule has 0 spiro atoms. The Hall–Kier alpha value is -3.03. The molecule has 1 saturated heterocycles. The van der Waals surface area contributed by atoms with E-state index >= 15 is 0 Å². The molecule has 1 amide bonds. The standard InChI is InChI=1S/C19H19FN4O3/c1-2-14-21-18(26-11-15(25)24-9-3-4-10-24)16-17(23-27-19(16)22-14)12-5-7-13(20)8-6-12/h5-8H,2-4,9-11H2,1H3. The molecule has 8 heteroatoms. The van der Waals surface area contributed by atoms with Crippen LogP contribution in [0, 0.1) is 5.82 Å². The summed E-state index contributed by atoms with van der Waals surface area (Å²) in [7, 11) is 0. The normalized spacial score (nSPS) is 14.1. The molecular formula is C19H19FN4O3. The number of nitrogens with zero attached hydrogens (tertiary/aromatic N) is 4. The predicted molar refractivity (Wildman–Crippen MR) is 95.7 cm³/mol. The number of amides is 1. The van der Waals surface area contributed by atoms with Gasteiger partial charge >= 0.3 is 0 Å². The minimum Gasteiger partial charge on any atom is -0.467 e. The quantitative estimate of drug-likeness (QED) is 0.687. The van der Waals surface area contributed by atoms with Gasteiger partial charge in [0.1, 0.15) is 22.7 Å². The molecule has 7 nitrogen and oxygen atoms in total. The zero-order valence-electron chi connectivity index (χ0n) is 14.9. The van der Waals surface area contributed by atoms with Crippen molar-refractivity contribution in [3.8, 4) is 17.1 Å². The Morgan fingerprint density at radius 1 is 1.22 bits per heavy atom. The first-order chi connectivity index (χ1) is 13.2. The number of halogens is 1. The fraction of sp³-hybridized carbons (Fsp3) is 0.368. The van der Waals surface area contributed by atoms with E-state index in [0.717, 1.165) is 25.9 Å². The molecule has 3 aromatic rings. The van der Waals surface area contributed by atoms with E-state index in [1.807, 2.05) is 6.92 Å². The minimum absolute atomic E-state index is 0.0721. The molecule has 0 radical (unpaired) electrons. The van der Waals surface area contributed by atoms with E-state index in [2.05, 4.69) is 15.1 Å². The van der Waals surface area contributed by atoms with Gasteiger partial charge in [-0.05, 0) is 37.1 Å². The van der Waals surface area contributed by atoms with Crippen LogP contribution < -0.4 is 4.74 Å². The van der Waals surface area contributed by atoms with Crippen molar-refractivity contribution in [2.24, 2.45) is 0 Å². The van der Waals surface area contributed by atoms with Gasteiger partial charge in [0.15, 0.2) is 6.61 Å². The molecule has 1 fully saturated rings. The first kappa shape index (κ1) is 17.4. The summed E-state index contributed by atoms with van der Waals surface area (Å²) in [6, 6.07) is 5.88. The van der Waals surface area contributed by atoms with Crippen LogP contribution >= 0.6 is 0 Å². The van der Waals surface area contributed by atoms with Crippen molar-refractivity contribution >= 4 is 17.0 Å². The third kappa shape index (κ3) is 3.47. The molecule has 1 aliphatic rings. The molecule has 2 aromatic heterocycles. The van der Waals surface area contributed by atoms with Gasteiger partial charge in [-0.2, -0.15) is 9.97 Å². The highest BCUT2D eigenvalue weighted by Crippen LogP contribution is 2.33. The number of hydrogen-bond acceptors (Lipinski definition) is 6. The fourth-order valence-electron chi connectivity index (χ4n) is 3.12. The lowest BCUT2D eigenvalue weighted by Crippen LogP contribution is -2.32. The van der Waals surface area contributed by atoms with Gasteiger partial charge in [-0.1, -0.05) is 12.1 Å². The number of benzene rings is 1. The summed E-state index contributed by atoms with van der Waals surface area (Å²) in [5.74, 6) is 0.374. The van der Waals surface area contributed by atoms with Gasteiger partial charge in [-0.3, -0.25) is 4.79 Å².